The van der Waals surface area contributed by atoms with Gasteiger partial charge in [-0.15, -0.1) is 0 Å². The van der Waals surface area contributed by atoms with Crippen LogP contribution in [0.1, 0.15) is 30.9 Å². The summed E-state index contributed by atoms with van der Waals surface area (Å²) >= 11 is 0. The quantitative estimate of drug-likeness (QED) is 0.744. The monoisotopic (exact) mass is 342 g/mol. The lowest BCUT2D eigenvalue weighted by atomic mass is 10.0. The molecule has 0 aromatic heterocycles. The molecule has 0 aliphatic carbocycles. The Kier molecular flexibility index (Phi) is 6.69. The van der Waals surface area contributed by atoms with E-state index in [4.69, 9.17) is 9.47 Å². The summed E-state index contributed by atoms with van der Waals surface area (Å²) in [6.07, 6.45) is 3.41. The van der Waals surface area contributed by atoms with E-state index in [2.05, 4.69) is 29.7 Å². The van der Waals surface area contributed by atoms with Gasteiger partial charge in [0.2, 0.25) is 0 Å². The summed E-state index contributed by atoms with van der Waals surface area (Å²) in [4.78, 5) is 12.3. The van der Waals surface area contributed by atoms with E-state index in [1.165, 1.54) is 18.4 Å². The average molecular weight is 342 g/mol. The lowest BCUT2D eigenvalue weighted by Crippen LogP contribution is -2.20. The molecular weight excluding hydrogens is 316 g/mol. The van der Waals surface area contributed by atoms with Crippen molar-refractivity contribution in [3.63, 3.8) is 0 Å². The molecule has 0 heterocycles. The lowest BCUT2D eigenvalue weighted by molar-refractivity contribution is 0.262. The maximum absolute atomic E-state index is 12.3. The van der Waals surface area contributed by atoms with Crippen LogP contribution >= 0.6 is 0 Å². The van der Waals surface area contributed by atoms with Gasteiger partial charge in [0.1, 0.15) is 0 Å². The number of urea groups is 1. The first-order valence-electron chi connectivity index (χ1n) is 8.47. The molecule has 25 heavy (non-hydrogen) atoms. The highest BCUT2D eigenvalue weighted by atomic mass is 16.5. The van der Waals surface area contributed by atoms with Gasteiger partial charge in [0.25, 0.3) is 0 Å². The van der Waals surface area contributed by atoms with Crippen molar-refractivity contribution in [1.82, 2.24) is 0 Å². The normalized spacial score (nSPS) is 10.2. The molecule has 134 valence electrons. The van der Waals surface area contributed by atoms with E-state index in [0.717, 1.165) is 17.7 Å². The van der Waals surface area contributed by atoms with Gasteiger partial charge in [-0.25, -0.2) is 4.79 Å². The number of carbonyl (C=O) groups is 1. The van der Waals surface area contributed by atoms with Crippen LogP contribution in [0.2, 0.25) is 0 Å². The SMILES string of the molecule is CCCCc1ccc(NC(=O)Nc2ccc(OC)c(OC)c2)c(C)c1. The topological polar surface area (TPSA) is 59.6 Å². The van der Waals surface area contributed by atoms with Gasteiger partial charge < -0.3 is 20.1 Å². The number of nitrogens with one attached hydrogen (secondary N) is 2. The second kappa shape index (κ2) is 8.97. The van der Waals surface area contributed by atoms with Gasteiger partial charge in [-0.3, -0.25) is 0 Å². The molecule has 5 nitrogen and oxygen atoms in total. The number of rotatable bonds is 7. The first kappa shape index (κ1) is 18.6. The van der Waals surface area contributed by atoms with Gasteiger partial charge in [0.15, 0.2) is 11.5 Å². The van der Waals surface area contributed by atoms with Crippen LogP contribution in [0.15, 0.2) is 36.4 Å². The number of ether oxygens (including phenoxy) is 2. The zero-order chi connectivity index (χ0) is 18.2. The van der Waals surface area contributed by atoms with Crippen molar-refractivity contribution < 1.29 is 14.3 Å². The minimum atomic E-state index is -0.295. The molecular formula is C20H26N2O3. The van der Waals surface area contributed by atoms with E-state index in [-0.39, 0.29) is 6.03 Å². The Bertz CT molecular complexity index is 729. The molecule has 0 saturated heterocycles. The molecule has 2 rings (SSSR count). The number of aryl methyl sites for hydroxylation is 2. The van der Waals surface area contributed by atoms with Crippen molar-refractivity contribution >= 4 is 17.4 Å². The Morgan fingerprint density at radius 3 is 2.40 bits per heavy atom. The van der Waals surface area contributed by atoms with E-state index in [1.807, 2.05) is 13.0 Å². The van der Waals surface area contributed by atoms with Crippen molar-refractivity contribution in [3.8, 4) is 11.5 Å². The Hall–Kier alpha value is -2.69. The van der Waals surface area contributed by atoms with Gasteiger partial charge in [0, 0.05) is 17.4 Å². The summed E-state index contributed by atoms with van der Waals surface area (Å²) in [5.41, 5.74) is 3.78. The van der Waals surface area contributed by atoms with Crippen LogP contribution in [0.4, 0.5) is 16.2 Å². The molecule has 2 aromatic carbocycles. The zero-order valence-corrected chi connectivity index (χ0v) is 15.3. The molecule has 0 bridgehead atoms. The van der Waals surface area contributed by atoms with Gasteiger partial charge >= 0.3 is 6.03 Å². The Balaban J connectivity index is 2.02. The Morgan fingerprint density at radius 2 is 1.76 bits per heavy atom. The summed E-state index contributed by atoms with van der Waals surface area (Å²) in [5, 5.41) is 5.69. The largest absolute Gasteiger partial charge is 0.493 e. The van der Waals surface area contributed by atoms with Gasteiger partial charge in [-0.2, -0.15) is 0 Å². The van der Waals surface area contributed by atoms with E-state index in [0.29, 0.717) is 17.2 Å². The van der Waals surface area contributed by atoms with Crippen LogP contribution in [0.5, 0.6) is 11.5 Å². The standard InChI is InChI=1S/C20H26N2O3/c1-5-6-7-15-8-10-17(14(2)12-15)22-20(23)21-16-9-11-18(24-3)19(13-16)25-4/h8-13H,5-7H2,1-4H3,(H2,21,22,23). The van der Waals surface area contributed by atoms with Crippen LogP contribution < -0.4 is 20.1 Å². The molecule has 0 aliphatic rings. The molecule has 2 amide bonds. The third-order valence-electron chi connectivity index (χ3n) is 4.00. The number of unbranched alkanes of at least 4 members (excludes halogenated alkanes) is 1. The highest BCUT2D eigenvalue weighted by molar-refractivity contribution is 6.00. The van der Waals surface area contributed by atoms with E-state index >= 15 is 0 Å². The maximum atomic E-state index is 12.3. The smallest absolute Gasteiger partial charge is 0.323 e. The fourth-order valence-corrected chi connectivity index (χ4v) is 2.60. The van der Waals surface area contributed by atoms with Crippen molar-refractivity contribution in [2.45, 2.75) is 33.1 Å². The summed E-state index contributed by atoms with van der Waals surface area (Å²) < 4.78 is 10.4. The van der Waals surface area contributed by atoms with Crippen molar-refractivity contribution in [1.29, 1.82) is 0 Å². The molecule has 2 N–H and O–H groups in total. The number of benzene rings is 2. The summed E-state index contributed by atoms with van der Waals surface area (Å²) in [5.74, 6) is 1.18. The Labute approximate surface area is 149 Å². The molecule has 0 aliphatic heterocycles. The van der Waals surface area contributed by atoms with Crippen LogP contribution in [-0.2, 0) is 6.42 Å². The Morgan fingerprint density at radius 1 is 1.00 bits per heavy atom. The number of methoxy groups -OCH3 is 2. The van der Waals surface area contributed by atoms with Crippen molar-refractivity contribution in [2.24, 2.45) is 0 Å². The molecule has 0 saturated carbocycles. The van der Waals surface area contributed by atoms with Crippen molar-refractivity contribution in [3.05, 3.63) is 47.5 Å². The van der Waals surface area contributed by atoms with Gasteiger partial charge in [0.05, 0.1) is 14.2 Å². The second-order valence-corrected chi connectivity index (χ2v) is 5.90. The van der Waals surface area contributed by atoms with Gasteiger partial charge in [-0.05, 0) is 49.1 Å². The highest BCUT2D eigenvalue weighted by Crippen LogP contribution is 2.29. The molecule has 0 radical (unpaired) electrons. The predicted molar refractivity (Wildman–Crippen MR) is 102 cm³/mol. The highest BCUT2D eigenvalue weighted by Gasteiger charge is 2.09. The van der Waals surface area contributed by atoms with Crippen LogP contribution in [0, 0.1) is 6.92 Å². The fourth-order valence-electron chi connectivity index (χ4n) is 2.60. The first-order chi connectivity index (χ1) is 12.1. The summed E-state index contributed by atoms with van der Waals surface area (Å²) in [7, 11) is 3.13. The fraction of sp³-hybridized carbons (Fsp3) is 0.350. The number of carbonyl (C=O) groups excluding carboxylic acids is 1. The summed E-state index contributed by atoms with van der Waals surface area (Å²) in [6.45, 7) is 4.18. The van der Waals surface area contributed by atoms with Crippen molar-refractivity contribution in [2.75, 3.05) is 24.9 Å². The third kappa shape index (κ3) is 5.14. The number of hydrogen-bond acceptors (Lipinski definition) is 3. The zero-order valence-electron chi connectivity index (χ0n) is 15.3. The van der Waals surface area contributed by atoms with E-state index in [9.17, 15) is 4.79 Å². The van der Waals surface area contributed by atoms with Crippen LogP contribution in [-0.4, -0.2) is 20.3 Å². The van der Waals surface area contributed by atoms with Crippen LogP contribution in [0.25, 0.3) is 0 Å². The molecule has 5 heteroatoms. The molecule has 0 atom stereocenters. The second-order valence-electron chi connectivity index (χ2n) is 5.90. The van der Waals surface area contributed by atoms with E-state index < -0.39 is 0 Å². The van der Waals surface area contributed by atoms with Gasteiger partial charge in [-0.1, -0.05) is 25.5 Å². The molecule has 2 aromatic rings. The predicted octanol–water partition coefficient (Wildman–Crippen LogP) is 5.00. The van der Waals surface area contributed by atoms with Crippen LogP contribution in [0.3, 0.4) is 0 Å². The molecule has 0 spiro atoms. The third-order valence-corrected chi connectivity index (χ3v) is 4.00. The average Bonchev–Trinajstić information content (AvgIpc) is 2.61. The minimum Gasteiger partial charge on any atom is -0.493 e. The minimum absolute atomic E-state index is 0.295. The summed E-state index contributed by atoms with van der Waals surface area (Å²) in [6, 6.07) is 11.1. The van der Waals surface area contributed by atoms with E-state index in [1.54, 1.807) is 32.4 Å². The number of anilines is 2. The first-order valence-corrected chi connectivity index (χ1v) is 8.47. The number of hydrogen-bond donors (Lipinski definition) is 2. The molecule has 0 unspecified atom stereocenters. The molecule has 0 fully saturated rings. The number of amides is 2. The maximum Gasteiger partial charge on any atom is 0.323 e. The lowest BCUT2D eigenvalue weighted by Gasteiger charge is -2.13.